The summed E-state index contributed by atoms with van der Waals surface area (Å²) in [5.41, 5.74) is 7.15. The monoisotopic (exact) mass is 297 g/mol. The second-order valence-corrected chi connectivity index (χ2v) is 6.02. The van der Waals surface area contributed by atoms with E-state index in [0.29, 0.717) is 5.92 Å². The van der Waals surface area contributed by atoms with Gasteiger partial charge in [-0.05, 0) is 37.0 Å². The lowest BCUT2D eigenvalue weighted by Crippen LogP contribution is -2.28. The van der Waals surface area contributed by atoms with E-state index in [0.717, 1.165) is 23.6 Å². The molecule has 1 aromatic rings. The lowest BCUT2D eigenvalue weighted by Gasteiger charge is -2.25. The Bertz CT molecular complexity index is 381. The quantitative estimate of drug-likeness (QED) is 0.699. The van der Waals surface area contributed by atoms with E-state index in [1.165, 1.54) is 19.3 Å². The molecule has 1 rings (SSSR count). The number of ether oxygens (including phenoxy) is 1. The largest absolute Gasteiger partial charge is 0.372 e. The van der Waals surface area contributed by atoms with Crippen LogP contribution in [0.3, 0.4) is 0 Å². The van der Waals surface area contributed by atoms with E-state index in [-0.39, 0.29) is 12.1 Å². The average Bonchev–Trinajstić information content (AvgIpc) is 2.42. The summed E-state index contributed by atoms with van der Waals surface area (Å²) in [5.74, 6) is 0.621. The Morgan fingerprint density at radius 2 is 2.05 bits per heavy atom. The SMILES string of the molecule is CCCCC(CC)COC(c1cccc(Cl)c1)C(C)N. The normalized spacial score (nSPS) is 15.8. The minimum atomic E-state index is -0.0793. The predicted molar refractivity (Wildman–Crippen MR) is 87.1 cm³/mol. The first-order chi connectivity index (χ1) is 9.58. The van der Waals surface area contributed by atoms with Gasteiger partial charge in [0.2, 0.25) is 0 Å². The van der Waals surface area contributed by atoms with E-state index in [9.17, 15) is 0 Å². The van der Waals surface area contributed by atoms with Gasteiger partial charge in [0.25, 0.3) is 0 Å². The third-order valence-corrected chi connectivity index (χ3v) is 3.94. The molecule has 0 heterocycles. The van der Waals surface area contributed by atoms with Gasteiger partial charge in [-0.3, -0.25) is 0 Å². The number of hydrogen-bond donors (Lipinski definition) is 1. The van der Waals surface area contributed by atoms with Gasteiger partial charge < -0.3 is 10.5 Å². The van der Waals surface area contributed by atoms with Gasteiger partial charge >= 0.3 is 0 Å². The topological polar surface area (TPSA) is 35.2 Å². The Hall–Kier alpha value is -0.570. The fourth-order valence-electron chi connectivity index (χ4n) is 2.37. The van der Waals surface area contributed by atoms with Crippen LogP contribution in [-0.4, -0.2) is 12.6 Å². The molecule has 0 radical (unpaired) electrons. The number of hydrogen-bond acceptors (Lipinski definition) is 2. The fraction of sp³-hybridized carbons (Fsp3) is 0.647. The van der Waals surface area contributed by atoms with Crippen molar-refractivity contribution in [3.8, 4) is 0 Å². The molecule has 3 atom stereocenters. The van der Waals surface area contributed by atoms with Gasteiger partial charge in [-0.25, -0.2) is 0 Å². The van der Waals surface area contributed by atoms with Gasteiger partial charge in [0.15, 0.2) is 0 Å². The number of halogens is 1. The van der Waals surface area contributed by atoms with Gasteiger partial charge in [-0.2, -0.15) is 0 Å². The van der Waals surface area contributed by atoms with Crippen LogP contribution >= 0.6 is 11.6 Å². The third kappa shape index (κ3) is 5.82. The van der Waals surface area contributed by atoms with Crippen LogP contribution in [0.2, 0.25) is 5.02 Å². The van der Waals surface area contributed by atoms with Crippen molar-refractivity contribution in [2.75, 3.05) is 6.61 Å². The van der Waals surface area contributed by atoms with Crippen LogP contribution in [0, 0.1) is 5.92 Å². The Morgan fingerprint density at radius 3 is 2.60 bits per heavy atom. The smallest absolute Gasteiger partial charge is 0.0973 e. The zero-order valence-electron chi connectivity index (χ0n) is 12.9. The molecule has 3 unspecified atom stereocenters. The molecule has 20 heavy (non-hydrogen) atoms. The molecular weight excluding hydrogens is 270 g/mol. The molecule has 0 fully saturated rings. The number of benzene rings is 1. The highest BCUT2D eigenvalue weighted by Crippen LogP contribution is 2.25. The molecule has 0 aliphatic rings. The van der Waals surface area contributed by atoms with Crippen LogP contribution in [0.5, 0.6) is 0 Å². The molecule has 0 spiro atoms. The summed E-state index contributed by atoms with van der Waals surface area (Å²) in [4.78, 5) is 0. The van der Waals surface area contributed by atoms with Crippen LogP contribution in [0.15, 0.2) is 24.3 Å². The molecule has 114 valence electrons. The molecule has 2 nitrogen and oxygen atoms in total. The van der Waals surface area contributed by atoms with E-state index in [4.69, 9.17) is 22.1 Å². The van der Waals surface area contributed by atoms with E-state index in [1.807, 2.05) is 31.2 Å². The van der Waals surface area contributed by atoms with Crippen LogP contribution in [0.4, 0.5) is 0 Å². The van der Waals surface area contributed by atoms with Gasteiger partial charge in [0, 0.05) is 11.1 Å². The van der Waals surface area contributed by atoms with Crippen LogP contribution < -0.4 is 5.73 Å². The summed E-state index contributed by atoms with van der Waals surface area (Å²) in [6.45, 7) is 7.21. The molecular formula is C17H28ClNO. The van der Waals surface area contributed by atoms with Crippen molar-refractivity contribution in [3.05, 3.63) is 34.9 Å². The minimum absolute atomic E-state index is 0.0443. The number of nitrogens with two attached hydrogens (primary N) is 1. The third-order valence-electron chi connectivity index (χ3n) is 3.71. The van der Waals surface area contributed by atoms with Gasteiger partial charge in [0.05, 0.1) is 12.7 Å². The molecule has 0 aromatic heterocycles. The van der Waals surface area contributed by atoms with Gasteiger partial charge in [-0.1, -0.05) is 56.8 Å². The van der Waals surface area contributed by atoms with E-state index >= 15 is 0 Å². The summed E-state index contributed by atoms with van der Waals surface area (Å²) in [6.07, 6.45) is 4.81. The molecule has 0 amide bonds. The van der Waals surface area contributed by atoms with Crippen molar-refractivity contribution >= 4 is 11.6 Å². The zero-order chi connectivity index (χ0) is 15.0. The van der Waals surface area contributed by atoms with E-state index < -0.39 is 0 Å². The summed E-state index contributed by atoms with van der Waals surface area (Å²) in [7, 11) is 0. The summed E-state index contributed by atoms with van der Waals surface area (Å²) >= 11 is 6.06. The number of unbranched alkanes of at least 4 members (excludes halogenated alkanes) is 1. The van der Waals surface area contributed by atoms with Crippen LogP contribution in [0.1, 0.15) is 58.1 Å². The lowest BCUT2D eigenvalue weighted by atomic mass is 9.99. The maximum absolute atomic E-state index is 6.11. The molecule has 0 aliphatic heterocycles. The van der Waals surface area contributed by atoms with Crippen molar-refractivity contribution < 1.29 is 4.74 Å². The standard InChI is InChI=1S/C17H28ClNO/c1-4-6-8-14(5-2)12-20-17(13(3)19)15-9-7-10-16(18)11-15/h7,9-11,13-14,17H,4-6,8,12,19H2,1-3H3. The maximum Gasteiger partial charge on any atom is 0.0973 e. The highest BCUT2D eigenvalue weighted by Gasteiger charge is 2.19. The van der Waals surface area contributed by atoms with Crippen LogP contribution in [0.25, 0.3) is 0 Å². The fourth-order valence-corrected chi connectivity index (χ4v) is 2.57. The first-order valence-corrected chi connectivity index (χ1v) is 8.08. The molecule has 1 aromatic carbocycles. The Balaban J connectivity index is 2.63. The Labute approximate surface area is 128 Å². The Morgan fingerprint density at radius 1 is 1.30 bits per heavy atom. The molecule has 0 saturated carbocycles. The van der Waals surface area contributed by atoms with Crippen molar-refractivity contribution in [3.63, 3.8) is 0 Å². The van der Waals surface area contributed by atoms with E-state index in [2.05, 4.69) is 13.8 Å². The lowest BCUT2D eigenvalue weighted by molar-refractivity contribution is 0.0127. The molecule has 3 heteroatoms. The maximum atomic E-state index is 6.11. The second kappa shape index (κ2) is 9.38. The highest BCUT2D eigenvalue weighted by atomic mass is 35.5. The zero-order valence-corrected chi connectivity index (χ0v) is 13.7. The molecule has 0 bridgehead atoms. The highest BCUT2D eigenvalue weighted by molar-refractivity contribution is 6.30. The number of rotatable bonds is 9. The molecule has 0 aliphatic carbocycles. The van der Waals surface area contributed by atoms with Crippen molar-refractivity contribution in [2.45, 2.75) is 58.6 Å². The van der Waals surface area contributed by atoms with Crippen molar-refractivity contribution in [1.82, 2.24) is 0 Å². The molecule has 0 saturated heterocycles. The van der Waals surface area contributed by atoms with Crippen molar-refractivity contribution in [2.24, 2.45) is 11.7 Å². The van der Waals surface area contributed by atoms with Gasteiger partial charge in [0.1, 0.15) is 0 Å². The second-order valence-electron chi connectivity index (χ2n) is 5.58. The van der Waals surface area contributed by atoms with E-state index in [1.54, 1.807) is 0 Å². The summed E-state index contributed by atoms with van der Waals surface area (Å²) < 4.78 is 6.11. The van der Waals surface area contributed by atoms with Crippen molar-refractivity contribution in [1.29, 1.82) is 0 Å². The Kier molecular flexibility index (Phi) is 8.20. The first-order valence-electron chi connectivity index (χ1n) is 7.71. The summed E-state index contributed by atoms with van der Waals surface area (Å²) in [5, 5.41) is 0.731. The molecule has 2 N–H and O–H groups in total. The predicted octanol–water partition coefficient (Wildman–Crippen LogP) is 4.96. The first kappa shape index (κ1) is 17.5. The van der Waals surface area contributed by atoms with Gasteiger partial charge in [-0.15, -0.1) is 0 Å². The minimum Gasteiger partial charge on any atom is -0.372 e. The average molecular weight is 298 g/mol. The van der Waals surface area contributed by atoms with Crippen LogP contribution in [-0.2, 0) is 4.74 Å². The summed E-state index contributed by atoms with van der Waals surface area (Å²) in [6, 6.07) is 7.76.